The topological polar surface area (TPSA) is 97.3 Å². The fourth-order valence-corrected chi connectivity index (χ4v) is 6.09. The van der Waals surface area contributed by atoms with Crippen molar-refractivity contribution in [2.24, 2.45) is 5.10 Å². The normalized spacial score (nSPS) is 11.6. The number of ether oxygens (including phenoxy) is 2. The molecule has 0 spiro atoms. The van der Waals surface area contributed by atoms with Crippen molar-refractivity contribution in [2.75, 3.05) is 19.8 Å². The zero-order valence-corrected chi connectivity index (χ0v) is 24.0. The summed E-state index contributed by atoms with van der Waals surface area (Å²) in [5.41, 5.74) is 6.18. The molecule has 3 aromatic rings. The van der Waals surface area contributed by atoms with E-state index in [4.69, 9.17) is 9.47 Å². The van der Waals surface area contributed by atoms with Gasteiger partial charge in [0.15, 0.2) is 11.5 Å². The Morgan fingerprint density at radius 1 is 0.949 bits per heavy atom. The lowest BCUT2D eigenvalue weighted by atomic mass is 10.1. The SMILES string of the molecule is CCCOc1ccc(/C=N\NC(=O)CN(Cc2ccccc2)S(=O)(=O)c2c(C)cc(C)cc2C)cc1OCC. The molecule has 3 aromatic carbocycles. The number of benzene rings is 3. The molecule has 0 radical (unpaired) electrons. The van der Waals surface area contributed by atoms with E-state index in [0.717, 1.165) is 17.5 Å². The summed E-state index contributed by atoms with van der Waals surface area (Å²) in [5.74, 6) is 0.676. The molecule has 0 aliphatic heterocycles. The van der Waals surface area contributed by atoms with Crippen LogP contribution < -0.4 is 14.9 Å². The third-order valence-corrected chi connectivity index (χ3v) is 7.95. The van der Waals surface area contributed by atoms with Crippen LogP contribution in [0.25, 0.3) is 0 Å². The van der Waals surface area contributed by atoms with Crippen LogP contribution in [0.1, 0.15) is 48.1 Å². The number of hydrazone groups is 1. The molecule has 0 bridgehead atoms. The molecule has 0 aliphatic carbocycles. The molecule has 8 nitrogen and oxygen atoms in total. The first-order valence-electron chi connectivity index (χ1n) is 13.0. The van der Waals surface area contributed by atoms with Crippen LogP contribution in [-0.2, 0) is 21.4 Å². The number of rotatable bonds is 13. The number of hydrogen-bond donors (Lipinski definition) is 1. The molecule has 1 amide bonds. The third-order valence-electron chi connectivity index (χ3n) is 5.86. The van der Waals surface area contributed by atoms with Crippen LogP contribution in [0.5, 0.6) is 11.5 Å². The van der Waals surface area contributed by atoms with E-state index in [0.29, 0.717) is 41.4 Å². The average Bonchev–Trinajstić information content (AvgIpc) is 2.88. The minimum atomic E-state index is -3.98. The first-order valence-corrected chi connectivity index (χ1v) is 14.4. The molecule has 9 heteroatoms. The molecule has 0 saturated heterocycles. The molecule has 0 aliphatic rings. The second-order valence-electron chi connectivity index (χ2n) is 9.27. The van der Waals surface area contributed by atoms with E-state index in [-0.39, 0.29) is 11.4 Å². The Morgan fingerprint density at radius 2 is 1.64 bits per heavy atom. The van der Waals surface area contributed by atoms with Gasteiger partial charge >= 0.3 is 0 Å². The Balaban J connectivity index is 1.80. The molecule has 0 fully saturated rings. The molecule has 208 valence electrons. The number of amides is 1. The van der Waals surface area contributed by atoms with Crippen LogP contribution in [0.2, 0.25) is 0 Å². The fraction of sp³-hybridized carbons (Fsp3) is 0.333. The number of carbonyl (C=O) groups excluding carboxylic acids is 1. The minimum absolute atomic E-state index is 0.0456. The average molecular weight is 552 g/mol. The maximum atomic E-state index is 13.8. The lowest BCUT2D eigenvalue weighted by Crippen LogP contribution is -2.39. The summed E-state index contributed by atoms with van der Waals surface area (Å²) >= 11 is 0. The van der Waals surface area contributed by atoms with Gasteiger partial charge in [0.2, 0.25) is 10.0 Å². The van der Waals surface area contributed by atoms with E-state index in [1.54, 1.807) is 32.0 Å². The quantitative estimate of drug-likeness (QED) is 0.234. The third kappa shape index (κ3) is 8.15. The van der Waals surface area contributed by atoms with Gasteiger partial charge in [0.05, 0.1) is 30.9 Å². The van der Waals surface area contributed by atoms with E-state index in [1.807, 2.05) is 63.2 Å². The van der Waals surface area contributed by atoms with Crippen LogP contribution >= 0.6 is 0 Å². The summed E-state index contributed by atoms with van der Waals surface area (Å²) in [5, 5.41) is 4.05. The van der Waals surface area contributed by atoms with Gasteiger partial charge in [0.1, 0.15) is 0 Å². The van der Waals surface area contributed by atoms with Crippen molar-refractivity contribution in [3.63, 3.8) is 0 Å². The summed E-state index contributed by atoms with van der Waals surface area (Å²) in [4.78, 5) is 13.1. The predicted octanol–water partition coefficient (Wildman–Crippen LogP) is 5.14. The Hall–Kier alpha value is -3.69. The highest BCUT2D eigenvalue weighted by atomic mass is 32.2. The van der Waals surface area contributed by atoms with Crippen molar-refractivity contribution >= 4 is 22.1 Å². The van der Waals surface area contributed by atoms with Crippen molar-refractivity contribution < 1.29 is 22.7 Å². The first-order chi connectivity index (χ1) is 18.6. The summed E-state index contributed by atoms with van der Waals surface area (Å²) in [7, 11) is -3.98. The second kappa shape index (κ2) is 13.9. The van der Waals surface area contributed by atoms with Gasteiger partial charge in [0.25, 0.3) is 5.91 Å². The number of aryl methyl sites for hydroxylation is 3. The van der Waals surface area contributed by atoms with Crippen LogP contribution in [0.15, 0.2) is 70.7 Å². The summed E-state index contributed by atoms with van der Waals surface area (Å²) in [6.07, 6.45) is 2.36. The van der Waals surface area contributed by atoms with Gasteiger partial charge in [-0.15, -0.1) is 0 Å². The van der Waals surface area contributed by atoms with Crippen LogP contribution in [0, 0.1) is 20.8 Å². The first kappa shape index (κ1) is 29.9. The van der Waals surface area contributed by atoms with Crippen molar-refractivity contribution in [1.29, 1.82) is 0 Å². The predicted molar refractivity (Wildman–Crippen MR) is 154 cm³/mol. The van der Waals surface area contributed by atoms with Gasteiger partial charge in [0, 0.05) is 6.54 Å². The molecule has 1 N–H and O–H groups in total. The molecule has 0 unspecified atom stereocenters. The molecule has 0 heterocycles. The van der Waals surface area contributed by atoms with Gasteiger partial charge in [-0.05, 0) is 74.6 Å². The van der Waals surface area contributed by atoms with Crippen molar-refractivity contribution in [2.45, 2.75) is 52.5 Å². The lowest BCUT2D eigenvalue weighted by molar-refractivity contribution is -0.121. The van der Waals surface area contributed by atoms with Gasteiger partial charge in [-0.1, -0.05) is 55.0 Å². The number of carbonyl (C=O) groups is 1. The van der Waals surface area contributed by atoms with Gasteiger partial charge in [-0.2, -0.15) is 9.41 Å². The van der Waals surface area contributed by atoms with Crippen molar-refractivity contribution in [3.05, 3.63) is 88.5 Å². The number of hydrogen-bond acceptors (Lipinski definition) is 6. The van der Waals surface area contributed by atoms with E-state index >= 15 is 0 Å². The Kier molecular flexibility index (Phi) is 10.7. The molecular weight excluding hydrogens is 514 g/mol. The molecular formula is C30H37N3O5S. The standard InChI is InChI=1S/C30H37N3O5S/c1-6-15-38-27-14-13-26(18-28(27)37-7-2)19-31-32-29(34)21-33(20-25-11-9-8-10-12-25)39(35,36)30-23(4)16-22(3)17-24(30)5/h8-14,16-19H,6-7,15,20-21H2,1-5H3,(H,32,34)/b31-19-. The van der Waals surface area contributed by atoms with Gasteiger partial charge in [-0.3, -0.25) is 4.79 Å². The Bertz CT molecular complexity index is 1380. The number of nitrogens with zero attached hydrogens (tertiary/aromatic N) is 2. The molecule has 0 aromatic heterocycles. The second-order valence-corrected chi connectivity index (χ2v) is 11.1. The van der Waals surface area contributed by atoms with Crippen molar-refractivity contribution in [1.82, 2.24) is 9.73 Å². The largest absolute Gasteiger partial charge is 0.490 e. The van der Waals surface area contributed by atoms with Crippen LogP contribution in [0.3, 0.4) is 0 Å². The Labute approximate surface area is 231 Å². The van der Waals surface area contributed by atoms with E-state index in [1.165, 1.54) is 10.5 Å². The Morgan fingerprint density at radius 3 is 2.28 bits per heavy atom. The zero-order chi connectivity index (χ0) is 28.4. The maximum Gasteiger partial charge on any atom is 0.255 e. The molecule has 39 heavy (non-hydrogen) atoms. The van der Waals surface area contributed by atoms with Gasteiger partial charge in [-0.25, -0.2) is 13.8 Å². The minimum Gasteiger partial charge on any atom is -0.490 e. The number of sulfonamides is 1. The van der Waals surface area contributed by atoms with Gasteiger partial charge < -0.3 is 9.47 Å². The summed E-state index contributed by atoms with van der Waals surface area (Å²) < 4.78 is 40.2. The monoisotopic (exact) mass is 551 g/mol. The van der Waals surface area contributed by atoms with E-state index < -0.39 is 22.5 Å². The molecule has 3 rings (SSSR count). The van der Waals surface area contributed by atoms with Crippen LogP contribution in [0.4, 0.5) is 0 Å². The van der Waals surface area contributed by atoms with E-state index in [2.05, 4.69) is 10.5 Å². The zero-order valence-electron chi connectivity index (χ0n) is 23.2. The summed E-state index contributed by atoms with van der Waals surface area (Å²) in [6.45, 7) is 10.1. The van der Waals surface area contributed by atoms with Crippen LogP contribution in [-0.4, -0.2) is 44.6 Å². The summed E-state index contributed by atoms with van der Waals surface area (Å²) in [6, 6.07) is 18.2. The number of nitrogens with one attached hydrogen (secondary N) is 1. The molecule has 0 saturated carbocycles. The molecule has 0 atom stereocenters. The van der Waals surface area contributed by atoms with E-state index in [9.17, 15) is 13.2 Å². The highest BCUT2D eigenvalue weighted by Gasteiger charge is 2.30. The van der Waals surface area contributed by atoms with Crippen molar-refractivity contribution in [3.8, 4) is 11.5 Å². The highest BCUT2D eigenvalue weighted by molar-refractivity contribution is 7.89. The fourth-order valence-electron chi connectivity index (χ4n) is 4.29. The maximum absolute atomic E-state index is 13.8. The lowest BCUT2D eigenvalue weighted by Gasteiger charge is -2.24. The highest BCUT2D eigenvalue weighted by Crippen LogP contribution is 2.28. The smallest absolute Gasteiger partial charge is 0.255 e.